The molecular weight excluding hydrogens is 1550 g/mol. The van der Waals surface area contributed by atoms with Crippen LogP contribution in [0.1, 0.15) is 191 Å². The van der Waals surface area contributed by atoms with Crippen molar-refractivity contribution in [2.24, 2.45) is 45.3 Å². The van der Waals surface area contributed by atoms with Gasteiger partial charge in [-0.2, -0.15) is 0 Å². The molecule has 0 aromatic heterocycles. The van der Waals surface area contributed by atoms with Crippen molar-refractivity contribution in [2.45, 2.75) is 268 Å². The Bertz CT molecular complexity index is 3880. The van der Waals surface area contributed by atoms with E-state index >= 15 is 13.2 Å². The molecule has 8 fully saturated rings. The second-order valence-electron chi connectivity index (χ2n) is 33.1. The van der Waals surface area contributed by atoms with Gasteiger partial charge < -0.3 is 82.7 Å². The molecule has 10 aliphatic rings. The number of amides is 2. The van der Waals surface area contributed by atoms with Gasteiger partial charge in [-0.1, -0.05) is 64.2 Å². The molecule has 0 bridgehead atoms. The molecule has 4 unspecified atom stereocenters. The number of carbonyl (C=O) groups is 10. The summed E-state index contributed by atoms with van der Waals surface area (Å²) in [5, 5.41) is 56.5. The van der Waals surface area contributed by atoms with E-state index in [2.05, 4.69) is 25.1 Å². The first kappa shape index (κ1) is 91.1. The van der Waals surface area contributed by atoms with Crippen molar-refractivity contribution in [3.05, 3.63) is 77.9 Å². The van der Waals surface area contributed by atoms with Crippen LogP contribution >= 0.6 is 0 Å². The number of ether oxygens (including phenoxy) is 10. The van der Waals surface area contributed by atoms with Crippen molar-refractivity contribution in [1.82, 2.24) is 10.6 Å². The number of allylic oxidation sites excluding steroid dienone is 8. The van der Waals surface area contributed by atoms with Crippen LogP contribution in [0.4, 0.5) is 22.8 Å². The monoisotopic (exact) mass is 1650 g/mol. The highest BCUT2D eigenvalue weighted by Crippen LogP contribution is 2.75. The highest BCUT2D eigenvalue weighted by molar-refractivity contribution is 6.02. The average Bonchev–Trinajstić information content (AvgIpc) is 1.46. The molecule has 4 N–H and O–H groups in total. The lowest BCUT2D eigenvalue weighted by atomic mass is 9.44. The molecule has 0 radical (unpaired) electrons. The molecule has 8 aliphatic carbocycles. The molecule has 19 atom stereocenters. The maximum absolute atomic E-state index is 17.7. The van der Waals surface area contributed by atoms with Gasteiger partial charge in [0.15, 0.2) is 71.0 Å². The van der Waals surface area contributed by atoms with Gasteiger partial charge in [0.05, 0.1) is 57.5 Å². The third-order valence-electron chi connectivity index (χ3n) is 25.2. The largest absolute Gasteiger partial charge is 0.508 e. The lowest BCUT2D eigenvalue weighted by Crippen LogP contribution is -2.71. The van der Waals surface area contributed by atoms with E-state index in [-0.39, 0.29) is 115 Å². The van der Waals surface area contributed by atoms with E-state index in [1.54, 1.807) is 54.5 Å². The molecule has 36 nitrogen and oxygen atoms in total. The number of alkyl halides is 3. The molecule has 0 aromatic carbocycles. The first-order chi connectivity index (χ1) is 54.4. The fourth-order valence-corrected chi connectivity index (χ4v) is 20.0. The van der Waals surface area contributed by atoms with Crippen LogP contribution in [0.2, 0.25) is 0 Å². The van der Waals surface area contributed by atoms with Crippen LogP contribution in [0.5, 0.6) is 0 Å². The summed E-state index contributed by atoms with van der Waals surface area (Å²) in [6.07, 6.45) is 2.85. The quantitative estimate of drug-likeness (QED) is 0.0150. The third kappa shape index (κ3) is 18.4. The van der Waals surface area contributed by atoms with Gasteiger partial charge in [-0.3, -0.25) is 28.8 Å². The first-order valence-electron chi connectivity index (χ1n) is 39.4. The molecule has 646 valence electrons. The fourth-order valence-electron chi connectivity index (χ4n) is 20.0. The minimum atomic E-state index is -2.44. The SMILES string of the molecule is CC1(C)O[C@@H]2CC3C4C[C@H](F)C5=CC(=O)C=C[C@]5(C)[C@@]4(F)[C@@H](O)C[C@]3(C)[C@]2(C(=O)COC(=O)OCC(NC(=O)CCCCCO[N+](=O)[O-])C(=O)OCCCCO[N+](=O)[O-])O1.CCCCCOC(=O)C(COC(=O)OCC(=O)[C@@]12OC(C)(C)O[C@@H]1C[C@H]1[C@@H]3CCC4=CC(=O)C=C[C@]4(C)[C@@]3(F)[C@@H](O)C[C@@]12C)NC(=O)CCCCCO[N+](=O)[O-]. The zero-order chi connectivity index (χ0) is 85.4. The minimum Gasteiger partial charge on any atom is -0.464 e. The number of ketones is 4. The lowest BCUT2D eigenvalue weighted by molar-refractivity contribution is -0.757. The van der Waals surface area contributed by atoms with Gasteiger partial charge in [0, 0.05) is 46.3 Å². The van der Waals surface area contributed by atoms with Gasteiger partial charge in [-0.15, -0.1) is 30.3 Å². The van der Waals surface area contributed by atoms with Gasteiger partial charge in [0.1, 0.15) is 19.4 Å². The number of aliphatic hydroxyl groups is 2. The normalized spacial score (nSPS) is 33.9. The molecular formula is C77H106F3N5O31. The van der Waals surface area contributed by atoms with Crippen molar-refractivity contribution in [3.8, 4) is 0 Å². The number of rotatable bonds is 38. The number of carbonyl (C=O) groups excluding carboxylic acids is 10. The molecule has 6 saturated carbocycles. The summed E-state index contributed by atoms with van der Waals surface area (Å²) in [7, 11) is 0. The van der Waals surface area contributed by atoms with Crippen LogP contribution in [0.3, 0.4) is 0 Å². The number of hydrogen-bond donors (Lipinski definition) is 4. The Morgan fingerprint density at radius 2 is 0.940 bits per heavy atom. The summed E-state index contributed by atoms with van der Waals surface area (Å²) in [4.78, 5) is 174. The van der Waals surface area contributed by atoms with Crippen LogP contribution in [0.15, 0.2) is 47.6 Å². The smallest absolute Gasteiger partial charge is 0.464 e. The number of unbranched alkanes of at least 4 members (excludes halogenated alkanes) is 7. The van der Waals surface area contributed by atoms with Gasteiger partial charge in [0.2, 0.25) is 23.4 Å². The fraction of sp³-hybridized carbons (Fsp3) is 0.766. The average molecular weight is 1650 g/mol. The predicted octanol–water partition coefficient (Wildman–Crippen LogP) is 7.88. The third-order valence-corrected chi connectivity index (χ3v) is 25.2. The van der Waals surface area contributed by atoms with E-state index in [0.29, 0.717) is 50.5 Å². The molecule has 2 heterocycles. The van der Waals surface area contributed by atoms with Crippen LogP contribution in [-0.4, -0.2) is 221 Å². The second-order valence-corrected chi connectivity index (χ2v) is 33.1. The Morgan fingerprint density at radius 1 is 0.534 bits per heavy atom. The zero-order valence-corrected chi connectivity index (χ0v) is 66.5. The Labute approximate surface area is 666 Å². The molecule has 39 heteroatoms. The summed E-state index contributed by atoms with van der Waals surface area (Å²) >= 11 is 0. The van der Waals surface area contributed by atoms with E-state index in [1.165, 1.54) is 25.2 Å². The Hall–Kier alpha value is -8.79. The summed E-state index contributed by atoms with van der Waals surface area (Å²) in [5.74, 6) is -11.0. The zero-order valence-electron chi connectivity index (χ0n) is 66.5. The molecule has 0 aromatic rings. The number of Topliss-reactive ketones (excluding diaryl/α,β-unsaturated/α-hetero) is 2. The lowest BCUT2D eigenvalue weighted by Gasteiger charge is -2.63. The van der Waals surface area contributed by atoms with Crippen LogP contribution in [0, 0.1) is 75.7 Å². The van der Waals surface area contributed by atoms with E-state index in [0.717, 1.165) is 25.0 Å². The van der Waals surface area contributed by atoms with Crippen LogP contribution in [-0.2, 0) is 100 Å². The summed E-state index contributed by atoms with van der Waals surface area (Å²) in [6, 6.07) is -2.95. The Morgan fingerprint density at radius 3 is 1.39 bits per heavy atom. The first-order valence-corrected chi connectivity index (χ1v) is 39.4. The van der Waals surface area contributed by atoms with Gasteiger partial charge >= 0.3 is 24.2 Å². The number of nitrogens with one attached hydrogen (secondary N) is 2. The number of nitrogens with zero attached hydrogens (tertiary/aromatic N) is 3. The number of esters is 2. The highest BCUT2D eigenvalue weighted by atomic mass is 19.2. The Kier molecular flexibility index (Phi) is 28.8. The maximum atomic E-state index is 17.7. The van der Waals surface area contributed by atoms with E-state index in [9.17, 15) is 88.5 Å². The number of halogens is 3. The molecule has 2 aliphatic heterocycles. The van der Waals surface area contributed by atoms with E-state index in [1.807, 2.05) is 6.92 Å². The predicted molar refractivity (Wildman–Crippen MR) is 388 cm³/mol. The second kappa shape index (κ2) is 36.6. The standard InChI is InChI=1S/C39H55FN2O14.C38H51F2N3O17/c1-6-7-10-17-51-33(47)28(41-32(46)12-9-8-11-18-54-42(49)50)22-52-34(48)53-23-30(45)39-31(55-35(2,3)56-39)20-27-26-14-13-24-19-25(43)15-16-36(24,4)38(26,40)29(44)21-37(27,39)5;1-34(2)59-30-18-23-24-17-26(39)25-16-22(44)11-12-35(25,3)37(24,40)28(45)19-36(23,4)38(30,60-34)29(46)21-56-33(49)55-20-27(32(48)54-13-8-9-15-58-43(52)53)41-31(47)10-6-5-7-14-57-42(50)51/h15-16,19,26-29,31,44H,6-14,17-18,20-23H2,1-5H3,(H,41,46);11-12,16,23-24,26-28,30,45H,5-10,13-15,17-21H2,1-4H3,(H,41,47)/t26-,27-,28?,29-,31+,36-,37-,38-,39+;23?,24?,26-,27?,28-,30+,35-,36-,37-,38+/m00/s1. The van der Waals surface area contributed by atoms with Crippen molar-refractivity contribution < 1.29 is 148 Å². The molecule has 116 heavy (non-hydrogen) atoms. The molecule has 10 rings (SSSR count). The van der Waals surface area contributed by atoms with Crippen LogP contribution < -0.4 is 10.6 Å². The summed E-state index contributed by atoms with van der Waals surface area (Å²) in [6.45, 7) is 11.0. The molecule has 2 amide bonds. The van der Waals surface area contributed by atoms with Crippen molar-refractivity contribution in [1.29, 1.82) is 0 Å². The maximum Gasteiger partial charge on any atom is 0.508 e. The highest BCUT2D eigenvalue weighted by Gasteiger charge is 2.83. The van der Waals surface area contributed by atoms with Crippen molar-refractivity contribution >= 4 is 59.2 Å². The number of aliphatic hydroxyl groups excluding tert-OH is 2. The van der Waals surface area contributed by atoms with E-state index in [4.69, 9.17) is 47.4 Å². The summed E-state index contributed by atoms with van der Waals surface area (Å²) in [5.41, 5.74) is -13.1. The van der Waals surface area contributed by atoms with Crippen molar-refractivity contribution in [3.63, 3.8) is 0 Å². The van der Waals surface area contributed by atoms with Gasteiger partial charge in [-0.05, 0) is 173 Å². The van der Waals surface area contributed by atoms with Crippen molar-refractivity contribution in [2.75, 3.05) is 59.5 Å². The Balaban J connectivity index is 0.000000266. The van der Waals surface area contributed by atoms with Crippen LogP contribution in [0.25, 0.3) is 0 Å². The number of hydrogen-bond acceptors (Lipinski definition) is 31. The molecule has 2 saturated heterocycles. The topological polar surface area (TPSA) is 485 Å². The number of fused-ring (bicyclic) bond motifs is 14. The minimum absolute atomic E-state index is 0.0228. The van der Waals surface area contributed by atoms with E-state index < -0.39 is 217 Å². The summed E-state index contributed by atoms with van der Waals surface area (Å²) < 4.78 is 108. The van der Waals surface area contributed by atoms with Gasteiger partial charge in [-0.25, -0.2) is 32.3 Å². The molecule has 0 spiro atoms. The van der Waals surface area contributed by atoms with Gasteiger partial charge in [0.25, 0.3) is 15.3 Å².